The lowest BCUT2D eigenvalue weighted by Crippen LogP contribution is -2.27. The first-order chi connectivity index (χ1) is 6.66. The first-order valence-corrected chi connectivity index (χ1v) is 4.28. The minimum absolute atomic E-state index is 0.00480. The number of aliphatic hydroxyl groups excluding tert-OH is 1. The Balaban J connectivity index is 2.84. The number of carbonyl (C=O) groups excluding carboxylic acids is 1. The van der Waals surface area contributed by atoms with Gasteiger partial charge in [-0.3, -0.25) is 4.79 Å². The molecule has 14 heavy (non-hydrogen) atoms. The molecule has 0 atom stereocenters. The molecule has 0 saturated carbocycles. The van der Waals surface area contributed by atoms with E-state index in [4.69, 9.17) is 5.11 Å². The molecule has 0 aliphatic heterocycles. The number of benzene rings is 1. The Hall–Kier alpha value is -1.42. The molecule has 1 aromatic rings. The predicted molar refractivity (Wildman–Crippen MR) is 51.5 cm³/mol. The van der Waals surface area contributed by atoms with Gasteiger partial charge in [0.05, 0.1) is 18.7 Å². The third kappa shape index (κ3) is 2.29. The Morgan fingerprint density at radius 1 is 1.50 bits per heavy atom. The van der Waals surface area contributed by atoms with E-state index in [1.165, 1.54) is 24.1 Å². The summed E-state index contributed by atoms with van der Waals surface area (Å²) in [7, 11) is 1.48. The van der Waals surface area contributed by atoms with Crippen LogP contribution in [0.3, 0.4) is 0 Å². The molecule has 0 unspecified atom stereocenters. The molecule has 0 heterocycles. The Bertz CT molecular complexity index is 328. The van der Waals surface area contributed by atoms with Crippen LogP contribution in [0.5, 0.6) is 0 Å². The van der Waals surface area contributed by atoms with Crippen molar-refractivity contribution >= 4 is 11.6 Å². The van der Waals surface area contributed by atoms with Crippen LogP contribution < -0.4 is 4.90 Å². The minimum atomic E-state index is -0.443. The first-order valence-electron chi connectivity index (χ1n) is 4.28. The van der Waals surface area contributed by atoms with Gasteiger partial charge >= 0.3 is 0 Å². The van der Waals surface area contributed by atoms with Crippen LogP contribution in [-0.4, -0.2) is 24.7 Å². The quantitative estimate of drug-likeness (QED) is 0.790. The average molecular weight is 197 g/mol. The minimum Gasteiger partial charge on any atom is -0.396 e. The van der Waals surface area contributed by atoms with Gasteiger partial charge in [-0.15, -0.1) is 0 Å². The van der Waals surface area contributed by atoms with Crippen LogP contribution >= 0.6 is 0 Å². The van der Waals surface area contributed by atoms with Gasteiger partial charge < -0.3 is 10.0 Å². The summed E-state index contributed by atoms with van der Waals surface area (Å²) in [6, 6.07) is 6.02. The average Bonchev–Trinajstić information content (AvgIpc) is 2.18. The fourth-order valence-electron chi connectivity index (χ4n) is 1.12. The zero-order valence-corrected chi connectivity index (χ0v) is 7.90. The highest BCUT2D eigenvalue weighted by Crippen LogP contribution is 2.17. The van der Waals surface area contributed by atoms with Gasteiger partial charge in [0.2, 0.25) is 5.91 Å². The van der Waals surface area contributed by atoms with Crippen molar-refractivity contribution in [1.29, 1.82) is 0 Å². The number of carbonyl (C=O) groups is 1. The predicted octanol–water partition coefficient (Wildman–Crippen LogP) is 1.17. The summed E-state index contributed by atoms with van der Waals surface area (Å²) in [5.74, 6) is -0.751. The Morgan fingerprint density at radius 2 is 2.14 bits per heavy atom. The van der Waals surface area contributed by atoms with Crippen molar-refractivity contribution in [1.82, 2.24) is 0 Å². The standard InChI is InChI=1S/C10H12FNO2/c1-12(10(14)6-7-13)9-5-3-2-4-8(9)11/h2-5,13H,6-7H2,1H3. The summed E-state index contributed by atoms with van der Waals surface area (Å²) in [5, 5.41) is 8.56. The highest BCUT2D eigenvalue weighted by atomic mass is 19.1. The number of hydrogen-bond donors (Lipinski definition) is 1. The second kappa shape index (κ2) is 4.72. The summed E-state index contributed by atoms with van der Waals surface area (Å²) in [4.78, 5) is 12.5. The van der Waals surface area contributed by atoms with E-state index in [2.05, 4.69) is 0 Å². The molecule has 0 aliphatic rings. The molecular formula is C10H12FNO2. The van der Waals surface area contributed by atoms with Crippen LogP contribution in [0.25, 0.3) is 0 Å². The van der Waals surface area contributed by atoms with Crippen molar-refractivity contribution in [2.45, 2.75) is 6.42 Å². The second-order valence-electron chi connectivity index (χ2n) is 2.88. The van der Waals surface area contributed by atoms with Gasteiger partial charge in [-0.2, -0.15) is 0 Å². The summed E-state index contributed by atoms with van der Waals surface area (Å²) < 4.78 is 13.2. The van der Waals surface area contributed by atoms with E-state index >= 15 is 0 Å². The molecule has 1 rings (SSSR count). The smallest absolute Gasteiger partial charge is 0.229 e. The number of para-hydroxylation sites is 1. The van der Waals surface area contributed by atoms with Crippen molar-refractivity contribution in [3.63, 3.8) is 0 Å². The van der Waals surface area contributed by atoms with E-state index in [-0.39, 0.29) is 24.6 Å². The molecule has 0 aliphatic carbocycles. The van der Waals surface area contributed by atoms with Crippen molar-refractivity contribution in [3.05, 3.63) is 30.1 Å². The van der Waals surface area contributed by atoms with E-state index in [1.54, 1.807) is 12.1 Å². The van der Waals surface area contributed by atoms with Crippen LogP contribution in [0.1, 0.15) is 6.42 Å². The molecule has 1 aromatic carbocycles. The van der Waals surface area contributed by atoms with Crippen molar-refractivity contribution in [3.8, 4) is 0 Å². The number of aliphatic hydroxyl groups is 1. The fourth-order valence-corrected chi connectivity index (χ4v) is 1.12. The Kier molecular flexibility index (Phi) is 3.59. The van der Waals surface area contributed by atoms with Gasteiger partial charge in [-0.1, -0.05) is 12.1 Å². The lowest BCUT2D eigenvalue weighted by molar-refractivity contribution is -0.118. The molecule has 1 amide bonds. The number of hydrogen-bond acceptors (Lipinski definition) is 2. The number of halogens is 1. The van der Waals surface area contributed by atoms with Crippen LogP contribution in [0.4, 0.5) is 10.1 Å². The Labute approximate surface area is 81.8 Å². The second-order valence-corrected chi connectivity index (χ2v) is 2.88. The number of anilines is 1. The third-order valence-electron chi connectivity index (χ3n) is 1.91. The van der Waals surface area contributed by atoms with E-state index in [1.807, 2.05) is 0 Å². The van der Waals surface area contributed by atoms with Gasteiger partial charge in [0.15, 0.2) is 0 Å². The third-order valence-corrected chi connectivity index (χ3v) is 1.91. The summed E-state index contributed by atoms with van der Waals surface area (Å²) in [6.45, 7) is -0.225. The molecule has 0 aromatic heterocycles. The van der Waals surface area contributed by atoms with E-state index in [0.29, 0.717) is 0 Å². The highest BCUT2D eigenvalue weighted by molar-refractivity contribution is 5.92. The molecule has 4 heteroatoms. The molecule has 1 N–H and O–H groups in total. The van der Waals surface area contributed by atoms with Crippen molar-refractivity contribution in [2.24, 2.45) is 0 Å². The maximum atomic E-state index is 13.2. The summed E-state index contributed by atoms with van der Waals surface area (Å²) >= 11 is 0. The number of nitrogens with zero attached hydrogens (tertiary/aromatic N) is 1. The van der Waals surface area contributed by atoms with Crippen LogP contribution in [-0.2, 0) is 4.79 Å². The summed E-state index contributed by atoms with van der Waals surface area (Å²) in [6.07, 6.45) is 0.00480. The van der Waals surface area contributed by atoms with Gasteiger partial charge in [-0.25, -0.2) is 4.39 Å². The SMILES string of the molecule is CN(C(=O)CCO)c1ccccc1F. The largest absolute Gasteiger partial charge is 0.396 e. The van der Waals surface area contributed by atoms with Gasteiger partial charge in [0, 0.05) is 7.05 Å². The molecule has 0 spiro atoms. The molecule has 0 saturated heterocycles. The topological polar surface area (TPSA) is 40.5 Å². The van der Waals surface area contributed by atoms with E-state index in [0.717, 1.165) is 0 Å². The molecule has 3 nitrogen and oxygen atoms in total. The van der Waals surface area contributed by atoms with Gasteiger partial charge in [0.25, 0.3) is 0 Å². The van der Waals surface area contributed by atoms with Crippen molar-refractivity contribution in [2.75, 3.05) is 18.6 Å². The number of rotatable bonds is 3. The normalized spacial score (nSPS) is 9.93. The zero-order chi connectivity index (χ0) is 10.6. The van der Waals surface area contributed by atoms with E-state index in [9.17, 15) is 9.18 Å². The lowest BCUT2D eigenvalue weighted by atomic mass is 10.2. The molecular weight excluding hydrogens is 185 g/mol. The maximum absolute atomic E-state index is 13.2. The maximum Gasteiger partial charge on any atom is 0.229 e. The first kappa shape index (κ1) is 10.7. The molecule has 0 radical (unpaired) electrons. The van der Waals surface area contributed by atoms with Crippen LogP contribution in [0.2, 0.25) is 0 Å². The molecule has 76 valence electrons. The highest BCUT2D eigenvalue weighted by Gasteiger charge is 2.12. The lowest BCUT2D eigenvalue weighted by Gasteiger charge is -2.17. The van der Waals surface area contributed by atoms with Gasteiger partial charge in [-0.05, 0) is 12.1 Å². The van der Waals surface area contributed by atoms with Crippen LogP contribution in [0.15, 0.2) is 24.3 Å². The zero-order valence-electron chi connectivity index (χ0n) is 7.90. The van der Waals surface area contributed by atoms with Crippen LogP contribution in [0, 0.1) is 5.82 Å². The molecule has 0 bridgehead atoms. The fraction of sp³-hybridized carbons (Fsp3) is 0.300. The van der Waals surface area contributed by atoms with E-state index < -0.39 is 5.82 Å². The molecule has 0 fully saturated rings. The monoisotopic (exact) mass is 197 g/mol. The van der Waals surface area contributed by atoms with Gasteiger partial charge in [0.1, 0.15) is 5.82 Å². The number of amides is 1. The summed E-state index contributed by atoms with van der Waals surface area (Å²) in [5.41, 5.74) is 0.228. The Morgan fingerprint density at radius 3 is 2.71 bits per heavy atom. The van der Waals surface area contributed by atoms with Crippen molar-refractivity contribution < 1.29 is 14.3 Å².